The Morgan fingerprint density at radius 3 is 2.28 bits per heavy atom. The normalized spacial score (nSPS) is 16.3. The maximum Gasteiger partial charge on any atom is 0.326 e. The lowest BCUT2D eigenvalue weighted by molar-refractivity contribution is -0.142. The van der Waals surface area contributed by atoms with Crippen LogP contribution in [0.2, 0.25) is 10.0 Å². The van der Waals surface area contributed by atoms with E-state index in [2.05, 4.69) is 21.7 Å². The quantitative estimate of drug-likeness (QED) is 0.0948. The number of sulfonamides is 1. The van der Waals surface area contributed by atoms with Gasteiger partial charge >= 0.3 is 5.97 Å². The van der Waals surface area contributed by atoms with Crippen LogP contribution in [-0.4, -0.2) is 59.4 Å². The number of aromatic nitrogens is 1. The van der Waals surface area contributed by atoms with Crippen molar-refractivity contribution in [2.24, 2.45) is 0 Å². The summed E-state index contributed by atoms with van der Waals surface area (Å²) in [5.41, 5.74) is 6.16. The number of carboxylic acid groups (broad SMARTS) is 1. The zero-order chi connectivity index (χ0) is 46.0. The van der Waals surface area contributed by atoms with Gasteiger partial charge < -0.3 is 30.0 Å². The molecule has 6 aromatic rings. The molecule has 17 heteroatoms. The average molecular weight is 953 g/mol. The molecule has 0 bridgehead atoms. The summed E-state index contributed by atoms with van der Waals surface area (Å²) >= 11 is 13.2. The van der Waals surface area contributed by atoms with E-state index < -0.39 is 40.1 Å². The standard InChI is InChI=1S/C48H43Cl2N5O8S2/c1-27(2)52-48-53-28(3)47(64-48)65(59,60)55-24-36-22-43-42(62-26-44(63-43)34-13-15-37(16-14-34)61-25-31-8-17-38(49)39(50)18-31)21-35(36)20-41(55)45(56)54-40(46(57)58)19-29-4-9-32(10-5-29)33-11-6-30(23-51)7-12-33/h4-18,21-22,27,40-41,44H,19-20,24-26H2,1-3H3,(H,52,53)(H,54,56)(H,57,58)/t40-,41?,44+/m0/s1. The molecule has 1 aromatic heterocycles. The van der Waals surface area contributed by atoms with Crippen molar-refractivity contribution in [3.63, 3.8) is 0 Å². The Morgan fingerprint density at radius 1 is 0.938 bits per heavy atom. The Hall–Kier alpha value is -6.15. The Bertz CT molecular complexity index is 2900. The first kappa shape index (κ1) is 45.4. The number of halogens is 2. The van der Waals surface area contributed by atoms with Gasteiger partial charge in [0.1, 0.15) is 31.0 Å². The van der Waals surface area contributed by atoms with E-state index >= 15 is 0 Å². The number of carboxylic acids is 1. The molecule has 65 heavy (non-hydrogen) atoms. The molecule has 5 aromatic carbocycles. The maximum absolute atomic E-state index is 14.7. The van der Waals surface area contributed by atoms with E-state index in [1.807, 2.05) is 68.4 Å². The summed E-state index contributed by atoms with van der Waals surface area (Å²) in [5, 5.41) is 26.6. The molecule has 0 aliphatic carbocycles. The number of nitriles is 1. The van der Waals surface area contributed by atoms with Crippen LogP contribution < -0.4 is 24.8 Å². The predicted octanol–water partition coefficient (Wildman–Crippen LogP) is 9.14. The van der Waals surface area contributed by atoms with E-state index in [9.17, 15) is 23.1 Å². The zero-order valence-electron chi connectivity index (χ0n) is 35.4. The van der Waals surface area contributed by atoms with Gasteiger partial charge in [-0.3, -0.25) is 4.79 Å². The number of carbonyl (C=O) groups is 2. The molecule has 1 amide bonds. The minimum Gasteiger partial charge on any atom is -0.489 e. The third-order valence-corrected chi connectivity index (χ3v) is 15.3. The van der Waals surface area contributed by atoms with Crippen LogP contribution in [0.25, 0.3) is 11.1 Å². The van der Waals surface area contributed by atoms with Crippen LogP contribution in [0, 0.1) is 18.3 Å². The highest BCUT2D eigenvalue weighted by atomic mass is 35.5. The van der Waals surface area contributed by atoms with Gasteiger partial charge in [-0.1, -0.05) is 89.1 Å². The number of rotatable bonds is 14. The first-order chi connectivity index (χ1) is 31.1. The number of nitrogens with one attached hydrogen (secondary N) is 2. The molecule has 3 heterocycles. The topological polar surface area (TPSA) is 180 Å². The van der Waals surface area contributed by atoms with Crippen LogP contribution in [0.4, 0.5) is 5.13 Å². The summed E-state index contributed by atoms with van der Waals surface area (Å²) in [6.45, 7) is 5.70. The molecule has 0 spiro atoms. The van der Waals surface area contributed by atoms with Gasteiger partial charge in [0.25, 0.3) is 10.0 Å². The number of aryl methyl sites for hydroxylation is 1. The average Bonchev–Trinajstić information content (AvgIpc) is 3.67. The number of amides is 1. The smallest absolute Gasteiger partial charge is 0.326 e. The molecule has 8 rings (SSSR count). The second-order valence-corrected chi connectivity index (χ2v) is 19.9. The Balaban J connectivity index is 1.03. The van der Waals surface area contributed by atoms with Gasteiger partial charge in [0, 0.05) is 19.0 Å². The van der Waals surface area contributed by atoms with Crippen LogP contribution in [0.1, 0.15) is 59.0 Å². The summed E-state index contributed by atoms with van der Waals surface area (Å²) in [7, 11) is -4.37. The largest absolute Gasteiger partial charge is 0.489 e. The third kappa shape index (κ3) is 10.2. The third-order valence-electron chi connectivity index (χ3n) is 11.0. The molecule has 2 aliphatic rings. The van der Waals surface area contributed by atoms with E-state index in [1.54, 1.807) is 55.5 Å². The number of fused-ring (bicyclic) bond motifs is 2. The number of anilines is 1. The molecule has 0 fully saturated rings. The minimum atomic E-state index is -4.37. The van der Waals surface area contributed by atoms with Crippen molar-refractivity contribution in [2.75, 3.05) is 11.9 Å². The van der Waals surface area contributed by atoms with Gasteiger partial charge in [0.05, 0.1) is 27.4 Å². The van der Waals surface area contributed by atoms with Crippen LogP contribution in [0.15, 0.2) is 107 Å². The number of thiazole rings is 1. The number of ether oxygens (including phenoxy) is 3. The summed E-state index contributed by atoms with van der Waals surface area (Å²) in [5.74, 6) is -0.551. The van der Waals surface area contributed by atoms with Crippen molar-refractivity contribution >= 4 is 61.6 Å². The van der Waals surface area contributed by atoms with E-state index in [4.69, 9.17) is 42.7 Å². The summed E-state index contributed by atoms with van der Waals surface area (Å²) in [6.07, 6.45) is -0.611. The summed E-state index contributed by atoms with van der Waals surface area (Å²) < 4.78 is 49.2. The number of hydrogen-bond donors (Lipinski definition) is 3. The van der Waals surface area contributed by atoms with Crippen LogP contribution >= 0.6 is 34.5 Å². The van der Waals surface area contributed by atoms with Crippen molar-refractivity contribution < 1.29 is 37.3 Å². The number of aliphatic carboxylic acids is 1. The highest BCUT2D eigenvalue weighted by Crippen LogP contribution is 2.43. The first-order valence-corrected chi connectivity index (χ1v) is 23.7. The highest BCUT2D eigenvalue weighted by molar-refractivity contribution is 7.91. The minimum absolute atomic E-state index is 0.0136. The predicted molar refractivity (Wildman–Crippen MR) is 248 cm³/mol. The lowest BCUT2D eigenvalue weighted by atomic mass is 9.94. The molecule has 334 valence electrons. The van der Waals surface area contributed by atoms with Crippen LogP contribution in [-0.2, 0) is 45.6 Å². The van der Waals surface area contributed by atoms with Gasteiger partial charge in [0.2, 0.25) is 5.91 Å². The molecule has 0 saturated heterocycles. The Labute approximate surface area is 390 Å². The lowest BCUT2D eigenvalue weighted by Crippen LogP contribution is -2.55. The first-order valence-electron chi connectivity index (χ1n) is 20.7. The van der Waals surface area contributed by atoms with Gasteiger partial charge in [-0.05, 0) is 115 Å². The highest BCUT2D eigenvalue weighted by Gasteiger charge is 2.43. The summed E-state index contributed by atoms with van der Waals surface area (Å²) in [6, 6.07) is 30.0. The second kappa shape index (κ2) is 19.1. The van der Waals surface area contributed by atoms with E-state index in [0.29, 0.717) is 61.3 Å². The molecule has 0 radical (unpaired) electrons. The second-order valence-electron chi connectivity index (χ2n) is 16.0. The van der Waals surface area contributed by atoms with Crippen LogP contribution in [0.3, 0.4) is 0 Å². The lowest BCUT2D eigenvalue weighted by Gasteiger charge is -2.36. The van der Waals surface area contributed by atoms with Crippen molar-refractivity contribution in [1.29, 1.82) is 5.26 Å². The molecular formula is C48H43Cl2N5O8S2. The Kier molecular flexibility index (Phi) is 13.4. The van der Waals surface area contributed by atoms with Crippen molar-refractivity contribution in [1.82, 2.24) is 14.6 Å². The number of carbonyl (C=O) groups excluding carboxylic acids is 1. The Morgan fingerprint density at radius 2 is 1.62 bits per heavy atom. The molecule has 1 unspecified atom stereocenters. The molecule has 3 N–H and O–H groups in total. The monoisotopic (exact) mass is 951 g/mol. The SMILES string of the molecule is Cc1nc(NC(C)C)sc1S(=O)(=O)N1Cc2cc3c(cc2CC1C(=O)N[C@@H](Cc1ccc(-c2ccc(C#N)cc2)cc1)C(=O)O)OC[C@H](c1ccc(OCc2ccc(Cl)c(Cl)c2)cc1)O3. The van der Waals surface area contributed by atoms with Crippen molar-refractivity contribution in [3.05, 3.63) is 152 Å². The van der Waals surface area contributed by atoms with E-state index in [-0.39, 0.29) is 41.9 Å². The number of benzene rings is 5. The maximum atomic E-state index is 14.7. The van der Waals surface area contributed by atoms with Crippen LogP contribution in [0.5, 0.6) is 17.2 Å². The molecule has 0 saturated carbocycles. The fourth-order valence-electron chi connectivity index (χ4n) is 7.65. The van der Waals surface area contributed by atoms with Gasteiger partial charge in [-0.25, -0.2) is 18.2 Å². The van der Waals surface area contributed by atoms with Gasteiger partial charge in [-0.2, -0.15) is 9.57 Å². The molecule has 2 aliphatic heterocycles. The summed E-state index contributed by atoms with van der Waals surface area (Å²) in [4.78, 5) is 31.5. The molecule has 13 nitrogen and oxygen atoms in total. The fourth-order valence-corrected chi connectivity index (χ4v) is 11.2. The zero-order valence-corrected chi connectivity index (χ0v) is 38.5. The van der Waals surface area contributed by atoms with E-state index in [1.165, 1.54) is 0 Å². The van der Waals surface area contributed by atoms with E-state index in [0.717, 1.165) is 37.9 Å². The molecule has 3 atom stereocenters. The van der Waals surface area contributed by atoms with Gasteiger partial charge in [0.15, 0.2) is 26.9 Å². The van der Waals surface area contributed by atoms with Crippen molar-refractivity contribution in [2.45, 2.75) is 75.2 Å². The number of hydrogen-bond acceptors (Lipinski definition) is 11. The molecular weight excluding hydrogens is 910 g/mol. The fraction of sp³-hybridized carbons (Fsp3) is 0.250. The van der Waals surface area contributed by atoms with Gasteiger partial charge in [-0.15, -0.1) is 0 Å². The number of nitrogens with zero attached hydrogens (tertiary/aromatic N) is 3. The van der Waals surface area contributed by atoms with Crippen molar-refractivity contribution in [3.8, 4) is 34.4 Å².